The van der Waals surface area contributed by atoms with Crippen LogP contribution in [0.25, 0.3) is 16.9 Å². The number of pyridine rings is 1. The molecule has 1 saturated heterocycles. The Morgan fingerprint density at radius 2 is 2.14 bits per heavy atom. The van der Waals surface area contributed by atoms with Gasteiger partial charge < -0.3 is 14.7 Å². The first kappa shape index (κ1) is 17.2. The largest absolute Gasteiger partial charge is 0.443 e. The van der Waals surface area contributed by atoms with Crippen molar-refractivity contribution in [2.75, 3.05) is 17.9 Å². The number of rotatable bonds is 3. The molecule has 2 aliphatic rings. The molecule has 3 aromatic rings. The summed E-state index contributed by atoms with van der Waals surface area (Å²) in [7, 11) is 0. The second-order valence-electron chi connectivity index (χ2n) is 9.15. The highest BCUT2D eigenvalue weighted by molar-refractivity contribution is 6.08. The van der Waals surface area contributed by atoms with Crippen LogP contribution in [0.15, 0.2) is 36.5 Å². The van der Waals surface area contributed by atoms with Crippen LogP contribution in [-0.4, -0.2) is 61.4 Å². The zero-order valence-electron chi connectivity index (χ0n) is 26.9. The SMILES string of the molecule is [2H]C1([2H])N(c2ccn(-c3cc(-c4c(F)cccc4C#N)nc4c3C(=O)N(C(=O)OC(C)(C)C)C4)n2)C([2H])([2H])C([2H])(O)C1([2H])[2H]. The molecule has 1 fully saturated rings. The lowest BCUT2D eigenvalue weighted by Gasteiger charge is -2.23. The van der Waals surface area contributed by atoms with E-state index in [2.05, 4.69) is 10.1 Å². The van der Waals surface area contributed by atoms with Crippen LogP contribution < -0.4 is 4.90 Å². The Hall–Kier alpha value is -4.30. The third-order valence-electron chi connectivity index (χ3n) is 5.40. The van der Waals surface area contributed by atoms with E-state index < -0.39 is 61.2 Å². The number of carbonyl (C=O) groups is 2. The third-order valence-corrected chi connectivity index (χ3v) is 5.40. The van der Waals surface area contributed by atoms with Crippen molar-refractivity contribution >= 4 is 17.8 Å². The number of carbonyl (C=O) groups excluding carboxylic acids is 2. The van der Waals surface area contributed by atoms with E-state index in [1.165, 1.54) is 18.2 Å². The van der Waals surface area contributed by atoms with Gasteiger partial charge in [0.2, 0.25) is 0 Å². The molecule has 1 N–H and O–H groups in total. The number of imide groups is 1. The molecule has 0 radical (unpaired) electrons. The number of β-amino-alcohol motifs (C(OH)–C–C–N with tert-alkyl or cyclic N) is 1. The molecule has 1 unspecified atom stereocenters. The summed E-state index contributed by atoms with van der Waals surface area (Å²) in [5.41, 5.74) is -1.69. The van der Waals surface area contributed by atoms with E-state index in [0.717, 1.165) is 27.9 Å². The Morgan fingerprint density at radius 1 is 1.35 bits per heavy atom. The Labute approximate surface area is 222 Å². The van der Waals surface area contributed by atoms with Gasteiger partial charge in [-0.2, -0.15) is 10.4 Å². The molecule has 0 spiro atoms. The number of hydrogen-bond donors (Lipinski definition) is 1. The van der Waals surface area contributed by atoms with Crippen LogP contribution in [0, 0.1) is 17.1 Å². The lowest BCUT2D eigenvalue weighted by Crippen LogP contribution is -2.37. The van der Waals surface area contributed by atoms with E-state index in [0.29, 0.717) is 0 Å². The molecule has 4 heterocycles. The number of ether oxygens (including phenoxy) is 1. The Balaban J connectivity index is 1.70. The molecule has 2 aromatic heterocycles. The second kappa shape index (κ2) is 8.97. The molecule has 2 aliphatic heterocycles. The number of benzene rings is 1. The topological polar surface area (TPSA) is 125 Å². The number of aromatic nitrogens is 3. The van der Waals surface area contributed by atoms with Crippen LogP contribution in [0.5, 0.6) is 0 Å². The van der Waals surface area contributed by atoms with E-state index in [-0.39, 0.29) is 38.7 Å². The lowest BCUT2D eigenvalue weighted by molar-refractivity contribution is 0.0247. The molecule has 2 amide bonds. The molecule has 37 heavy (non-hydrogen) atoms. The van der Waals surface area contributed by atoms with Gasteiger partial charge in [0.1, 0.15) is 11.4 Å². The quantitative estimate of drug-likeness (QED) is 0.567. The van der Waals surface area contributed by atoms with Crippen molar-refractivity contribution in [3.63, 3.8) is 0 Å². The maximum atomic E-state index is 15.1. The van der Waals surface area contributed by atoms with Gasteiger partial charge in [0, 0.05) is 30.7 Å². The molecule has 1 aromatic carbocycles. The van der Waals surface area contributed by atoms with Crippen molar-refractivity contribution in [1.29, 1.82) is 5.26 Å². The van der Waals surface area contributed by atoms with Crippen LogP contribution in [-0.2, 0) is 11.3 Å². The van der Waals surface area contributed by atoms with Crippen LogP contribution in [0.3, 0.4) is 0 Å². The fourth-order valence-electron chi connectivity index (χ4n) is 3.89. The molecule has 190 valence electrons. The molecular weight excluding hydrogens is 479 g/mol. The summed E-state index contributed by atoms with van der Waals surface area (Å²) in [6, 6.07) is 7.92. The number of anilines is 1. The highest BCUT2D eigenvalue weighted by atomic mass is 19.1. The Morgan fingerprint density at radius 3 is 2.81 bits per heavy atom. The van der Waals surface area contributed by atoms with Gasteiger partial charge in [0.15, 0.2) is 5.82 Å². The maximum Gasteiger partial charge on any atom is 0.417 e. The van der Waals surface area contributed by atoms with E-state index in [1.54, 1.807) is 20.8 Å². The highest BCUT2D eigenvalue weighted by Gasteiger charge is 2.39. The summed E-state index contributed by atoms with van der Waals surface area (Å²) in [6.07, 6.45) is -6.83. The molecular formula is C26H25FN6O4. The van der Waals surface area contributed by atoms with Gasteiger partial charge >= 0.3 is 6.09 Å². The normalized spacial score (nSPS) is 26.1. The van der Waals surface area contributed by atoms with Crippen LogP contribution in [0.1, 0.15) is 58.4 Å². The van der Waals surface area contributed by atoms with E-state index >= 15 is 4.39 Å². The van der Waals surface area contributed by atoms with Crippen molar-refractivity contribution in [2.45, 2.75) is 45.4 Å². The minimum Gasteiger partial charge on any atom is -0.443 e. The number of hydrogen-bond acceptors (Lipinski definition) is 8. The number of amides is 2. The molecule has 0 bridgehead atoms. The van der Waals surface area contributed by atoms with E-state index in [4.69, 9.17) is 14.3 Å². The summed E-state index contributed by atoms with van der Waals surface area (Å²) in [4.78, 5) is 31.8. The smallest absolute Gasteiger partial charge is 0.417 e. The zero-order chi connectivity index (χ0) is 32.8. The number of aliphatic hydroxyl groups is 1. The van der Waals surface area contributed by atoms with E-state index in [9.17, 15) is 20.0 Å². The molecule has 0 aliphatic carbocycles. The summed E-state index contributed by atoms with van der Waals surface area (Å²) >= 11 is 0. The summed E-state index contributed by atoms with van der Waals surface area (Å²) < 4.78 is 78.4. The number of nitriles is 1. The van der Waals surface area contributed by atoms with Gasteiger partial charge in [-0.3, -0.25) is 4.79 Å². The van der Waals surface area contributed by atoms with Gasteiger partial charge in [-0.1, -0.05) is 6.07 Å². The van der Waals surface area contributed by atoms with Gasteiger partial charge in [-0.25, -0.2) is 23.8 Å². The fraction of sp³-hybridized carbons (Fsp3) is 0.346. The molecule has 0 saturated carbocycles. The van der Waals surface area contributed by atoms with Crippen molar-refractivity contribution < 1.29 is 33.4 Å². The number of fused-ring (bicyclic) bond motifs is 1. The standard InChI is InChI=1S/C26H25FN6O4/c1-26(2,3)37-25(36)32-14-19-23(24(32)35)20(33-10-8-21(30-33)31-9-7-16(34)13-31)11-18(29-19)22-15(12-28)5-4-6-17(22)27/h4-6,8,10-11,16,34H,7,9,13-14H2,1-3H3/i7D2,9D2,13D2,16D. The monoisotopic (exact) mass is 511 g/mol. The summed E-state index contributed by atoms with van der Waals surface area (Å²) in [5, 5.41) is 24.2. The Kier molecular flexibility index (Phi) is 4.17. The minimum atomic E-state index is -3.57. The first-order valence-electron chi connectivity index (χ1n) is 14.5. The first-order valence-corrected chi connectivity index (χ1v) is 11.0. The number of halogens is 1. The lowest BCUT2D eigenvalue weighted by atomic mass is 10.0. The molecule has 5 rings (SSSR count). The summed E-state index contributed by atoms with van der Waals surface area (Å²) in [6.45, 7) is -2.20. The second-order valence-corrected chi connectivity index (χ2v) is 9.15. The van der Waals surface area contributed by atoms with Gasteiger partial charge in [0.25, 0.3) is 5.91 Å². The Bertz CT molecular complexity index is 1740. The highest BCUT2D eigenvalue weighted by Crippen LogP contribution is 2.34. The fourth-order valence-corrected chi connectivity index (χ4v) is 3.89. The van der Waals surface area contributed by atoms with Crippen molar-refractivity contribution in [3.8, 4) is 23.0 Å². The van der Waals surface area contributed by atoms with Crippen molar-refractivity contribution in [3.05, 3.63) is 59.2 Å². The zero-order valence-corrected chi connectivity index (χ0v) is 19.9. The predicted octanol–water partition coefficient (Wildman–Crippen LogP) is 3.41. The van der Waals surface area contributed by atoms with Crippen LogP contribution in [0.2, 0.25) is 0 Å². The minimum absolute atomic E-state index is 0.0127. The average molecular weight is 512 g/mol. The van der Waals surface area contributed by atoms with Gasteiger partial charge in [0.05, 0.1) is 56.6 Å². The summed E-state index contributed by atoms with van der Waals surface area (Å²) in [5.74, 6) is -2.23. The molecule has 11 heteroatoms. The van der Waals surface area contributed by atoms with Crippen molar-refractivity contribution in [2.24, 2.45) is 0 Å². The van der Waals surface area contributed by atoms with Crippen LogP contribution >= 0.6 is 0 Å². The first-order chi connectivity index (χ1) is 20.2. The molecule has 10 nitrogen and oxygen atoms in total. The predicted molar refractivity (Wildman–Crippen MR) is 130 cm³/mol. The van der Waals surface area contributed by atoms with Crippen LogP contribution in [0.4, 0.5) is 15.0 Å². The van der Waals surface area contributed by atoms with Gasteiger partial charge in [-0.15, -0.1) is 0 Å². The average Bonchev–Trinajstić information content (AvgIpc) is 3.52. The molecule has 1 atom stereocenters. The third kappa shape index (κ3) is 4.51. The van der Waals surface area contributed by atoms with Gasteiger partial charge in [-0.05, 0) is 45.3 Å². The number of nitrogens with zero attached hydrogens (tertiary/aromatic N) is 6. The maximum absolute atomic E-state index is 15.1. The van der Waals surface area contributed by atoms with E-state index in [1.807, 2.05) is 6.07 Å². The van der Waals surface area contributed by atoms with Crippen molar-refractivity contribution in [1.82, 2.24) is 19.7 Å².